The van der Waals surface area contributed by atoms with Crippen LogP contribution in [-0.2, 0) is 9.47 Å². The summed E-state index contributed by atoms with van der Waals surface area (Å²) in [6.07, 6.45) is -1.38. The summed E-state index contributed by atoms with van der Waals surface area (Å²) in [7, 11) is 0. The smallest absolute Gasteiger partial charge is 0.372 e. The predicted molar refractivity (Wildman–Crippen MR) is 121 cm³/mol. The van der Waals surface area contributed by atoms with Gasteiger partial charge in [-0.15, -0.1) is 0 Å². The number of nitro benzene ring substituents is 2. The van der Waals surface area contributed by atoms with Gasteiger partial charge in [-0.25, -0.2) is 19.2 Å². The van der Waals surface area contributed by atoms with Crippen molar-refractivity contribution < 1.29 is 38.5 Å². The third-order valence-corrected chi connectivity index (χ3v) is 4.22. The van der Waals surface area contributed by atoms with E-state index in [1.54, 1.807) is 0 Å². The Balaban J connectivity index is 2.00. The Morgan fingerprint density at radius 3 is 1.50 bits per heavy atom. The van der Waals surface area contributed by atoms with Crippen molar-refractivity contribution >= 4 is 41.5 Å². The highest BCUT2D eigenvalue weighted by molar-refractivity contribution is 6.07. The summed E-state index contributed by atoms with van der Waals surface area (Å²) in [5.74, 6) is -2.75. The van der Waals surface area contributed by atoms with Crippen LogP contribution in [0.15, 0.2) is 53.5 Å². The Labute approximate surface area is 202 Å². The minimum Gasteiger partial charge on any atom is -0.372 e. The maximum absolute atomic E-state index is 12.1. The summed E-state index contributed by atoms with van der Waals surface area (Å²) in [6, 6.07) is 8.54. The Morgan fingerprint density at radius 1 is 0.778 bits per heavy atom. The van der Waals surface area contributed by atoms with Crippen LogP contribution in [-0.4, -0.2) is 46.5 Å². The number of benzene rings is 2. The van der Waals surface area contributed by atoms with Crippen LogP contribution in [0.1, 0.15) is 40.5 Å². The van der Waals surface area contributed by atoms with Crippen LogP contribution in [0.25, 0.3) is 0 Å². The number of hydrogen-bond donors (Lipinski definition) is 2. The molecular weight excluding hydrogens is 482 g/mol. The monoisotopic (exact) mass is 501 g/mol. The summed E-state index contributed by atoms with van der Waals surface area (Å²) >= 11 is 0. The fourth-order valence-electron chi connectivity index (χ4n) is 2.43. The number of unbranched alkanes of at least 4 members (excludes halogenated alkanes) is 1. The van der Waals surface area contributed by atoms with Crippen molar-refractivity contribution in [2.45, 2.75) is 19.8 Å². The number of nitro groups is 2. The van der Waals surface area contributed by atoms with Gasteiger partial charge < -0.3 is 9.47 Å². The molecular formula is C21H19N5O10. The fraction of sp³-hybridized carbons (Fsp3) is 0.190. The molecule has 2 amide bonds. The molecule has 0 aliphatic rings. The lowest BCUT2D eigenvalue weighted by Gasteiger charge is -2.10. The van der Waals surface area contributed by atoms with Crippen molar-refractivity contribution in [1.29, 1.82) is 0 Å². The van der Waals surface area contributed by atoms with E-state index in [2.05, 4.69) is 14.5 Å². The minimum absolute atomic E-state index is 0.152. The van der Waals surface area contributed by atoms with Crippen LogP contribution in [0.2, 0.25) is 0 Å². The van der Waals surface area contributed by atoms with E-state index >= 15 is 0 Å². The second-order valence-electron chi connectivity index (χ2n) is 6.80. The molecule has 2 rings (SSSR count). The zero-order chi connectivity index (χ0) is 26.7. The first kappa shape index (κ1) is 27.0. The molecule has 0 spiro atoms. The van der Waals surface area contributed by atoms with E-state index < -0.39 is 39.9 Å². The van der Waals surface area contributed by atoms with E-state index in [0.717, 1.165) is 55.0 Å². The summed E-state index contributed by atoms with van der Waals surface area (Å²) in [5, 5.41) is 25.4. The summed E-state index contributed by atoms with van der Waals surface area (Å²) in [4.78, 5) is 72.3. The molecule has 2 N–H and O–H groups in total. The molecule has 0 fully saturated rings. The number of guanidine groups is 1. The number of ether oxygens (including phenoxy) is 2. The highest BCUT2D eigenvalue weighted by Gasteiger charge is 2.20. The molecule has 36 heavy (non-hydrogen) atoms. The van der Waals surface area contributed by atoms with Gasteiger partial charge in [0.1, 0.15) is 0 Å². The highest BCUT2D eigenvalue weighted by Crippen LogP contribution is 2.13. The maximum atomic E-state index is 12.1. The molecule has 15 nitrogen and oxygen atoms in total. The lowest BCUT2D eigenvalue weighted by atomic mass is 10.2. The van der Waals surface area contributed by atoms with Gasteiger partial charge in [0.2, 0.25) is 5.96 Å². The molecule has 0 aromatic heterocycles. The van der Waals surface area contributed by atoms with Crippen LogP contribution in [0.4, 0.5) is 21.0 Å². The summed E-state index contributed by atoms with van der Waals surface area (Å²) in [6.45, 7) is 2.02. The molecule has 15 heteroatoms. The van der Waals surface area contributed by atoms with Gasteiger partial charge in [-0.1, -0.05) is 13.3 Å². The van der Waals surface area contributed by atoms with E-state index in [-0.39, 0.29) is 29.0 Å². The lowest BCUT2D eigenvalue weighted by molar-refractivity contribution is -0.385. The number of esters is 2. The van der Waals surface area contributed by atoms with Gasteiger partial charge in [0.05, 0.1) is 21.0 Å². The number of carbonyl (C=O) groups is 4. The van der Waals surface area contributed by atoms with Gasteiger partial charge in [-0.05, 0) is 30.7 Å². The molecule has 2 aromatic rings. The van der Waals surface area contributed by atoms with Gasteiger partial charge >= 0.3 is 24.1 Å². The minimum atomic E-state index is -1.34. The Bertz CT molecular complexity index is 1110. The third kappa shape index (κ3) is 8.29. The van der Waals surface area contributed by atoms with Crippen molar-refractivity contribution in [2.75, 3.05) is 6.54 Å². The summed E-state index contributed by atoms with van der Waals surface area (Å²) < 4.78 is 9.16. The lowest BCUT2D eigenvalue weighted by Crippen LogP contribution is -2.45. The first-order valence-electron chi connectivity index (χ1n) is 10.2. The molecule has 0 radical (unpaired) electrons. The van der Waals surface area contributed by atoms with Crippen LogP contribution < -0.4 is 10.6 Å². The van der Waals surface area contributed by atoms with Gasteiger partial charge in [-0.3, -0.25) is 35.9 Å². The normalized spacial score (nSPS) is 9.92. The predicted octanol–water partition coefficient (Wildman–Crippen LogP) is 3.09. The number of hydrogen-bond acceptors (Lipinski definition) is 11. The standard InChI is InChI=1S/C21H19N5O10/c1-2-3-12-22-19(23-20(29)35-17(27)13-4-8-15(9-5-13)25(31)32)24-21(30)36-18(28)14-6-10-16(11-7-14)26(33)34/h4-11H,2-3,12H2,1H3,(H2,22,23,24,29,30). The van der Waals surface area contributed by atoms with Crippen molar-refractivity contribution in [3.63, 3.8) is 0 Å². The van der Waals surface area contributed by atoms with Crippen molar-refractivity contribution in [1.82, 2.24) is 10.6 Å². The molecule has 2 aromatic carbocycles. The van der Waals surface area contributed by atoms with E-state index in [1.807, 2.05) is 17.6 Å². The van der Waals surface area contributed by atoms with Crippen LogP contribution >= 0.6 is 0 Å². The zero-order valence-corrected chi connectivity index (χ0v) is 18.7. The average molecular weight is 501 g/mol. The molecule has 0 unspecified atom stereocenters. The number of rotatable bonds is 7. The SMILES string of the molecule is CCCCN=C(NC(=O)OC(=O)c1ccc([N+](=O)[O-])cc1)NC(=O)OC(=O)c1ccc([N+](=O)[O-])cc1. The second kappa shape index (κ2) is 12.9. The number of nitrogens with one attached hydrogen (secondary N) is 2. The number of aliphatic imine (C=N–C) groups is 1. The molecule has 0 aliphatic carbocycles. The van der Waals surface area contributed by atoms with E-state index in [0.29, 0.717) is 6.42 Å². The van der Waals surface area contributed by atoms with Crippen LogP contribution in [0, 0.1) is 20.2 Å². The molecule has 188 valence electrons. The number of alkyl carbamates (subject to hydrolysis) is 2. The van der Waals surface area contributed by atoms with E-state index in [1.165, 1.54) is 0 Å². The molecule has 0 atom stereocenters. The number of amides is 2. The largest absolute Gasteiger partial charge is 0.421 e. The number of non-ortho nitro benzene ring substituents is 2. The molecule has 0 saturated carbocycles. The number of carbonyl (C=O) groups excluding carboxylic acids is 4. The second-order valence-corrected chi connectivity index (χ2v) is 6.80. The Kier molecular flexibility index (Phi) is 9.67. The first-order valence-corrected chi connectivity index (χ1v) is 10.2. The highest BCUT2D eigenvalue weighted by atomic mass is 16.6. The van der Waals surface area contributed by atoms with Gasteiger partial charge in [0.25, 0.3) is 11.4 Å². The van der Waals surface area contributed by atoms with Crippen LogP contribution in [0.3, 0.4) is 0 Å². The molecule has 0 aliphatic heterocycles. The van der Waals surface area contributed by atoms with Gasteiger partial charge in [0, 0.05) is 30.8 Å². The Morgan fingerprint density at radius 2 is 1.17 bits per heavy atom. The van der Waals surface area contributed by atoms with Crippen molar-refractivity contribution in [3.05, 3.63) is 79.9 Å². The van der Waals surface area contributed by atoms with E-state index in [4.69, 9.17) is 0 Å². The summed E-state index contributed by atoms with van der Waals surface area (Å²) in [5.41, 5.74) is -0.845. The quantitative estimate of drug-likeness (QED) is 0.108. The first-order chi connectivity index (χ1) is 17.1. The maximum Gasteiger partial charge on any atom is 0.421 e. The third-order valence-electron chi connectivity index (χ3n) is 4.22. The van der Waals surface area contributed by atoms with Crippen molar-refractivity contribution in [3.8, 4) is 0 Å². The van der Waals surface area contributed by atoms with Crippen molar-refractivity contribution in [2.24, 2.45) is 4.99 Å². The average Bonchev–Trinajstić information content (AvgIpc) is 2.84. The van der Waals surface area contributed by atoms with E-state index in [9.17, 15) is 39.4 Å². The Hall–Kier alpha value is -5.21. The number of nitrogens with zero attached hydrogens (tertiary/aromatic N) is 3. The molecule has 0 saturated heterocycles. The van der Waals surface area contributed by atoms with Crippen LogP contribution in [0.5, 0.6) is 0 Å². The zero-order valence-electron chi connectivity index (χ0n) is 18.7. The fourth-order valence-corrected chi connectivity index (χ4v) is 2.43. The molecule has 0 bridgehead atoms. The topological polar surface area (TPSA) is 209 Å². The van der Waals surface area contributed by atoms with Gasteiger partial charge in [0.15, 0.2) is 0 Å². The molecule has 0 heterocycles. The van der Waals surface area contributed by atoms with Gasteiger partial charge in [-0.2, -0.15) is 0 Å².